The van der Waals surface area contributed by atoms with Gasteiger partial charge >= 0.3 is 0 Å². The van der Waals surface area contributed by atoms with E-state index in [1.807, 2.05) is 6.92 Å². The lowest BCUT2D eigenvalue weighted by Gasteiger charge is -1.69. The summed E-state index contributed by atoms with van der Waals surface area (Å²) in [5.41, 5.74) is 0. The van der Waals surface area contributed by atoms with E-state index in [4.69, 9.17) is 5.11 Å². The fourth-order valence-corrected chi connectivity index (χ4v) is 0. The molecule has 0 amide bonds. The molecule has 1 atom stereocenters. The Kier molecular flexibility index (Phi) is 22.0. The Morgan fingerprint density at radius 2 is 1.50 bits per heavy atom. The summed E-state index contributed by atoms with van der Waals surface area (Å²) in [5, 5.41) is 7.88. The Morgan fingerprint density at radius 3 is 1.50 bits per heavy atom. The van der Waals surface area contributed by atoms with E-state index >= 15 is 0 Å². The molecule has 0 saturated heterocycles. The lowest BCUT2D eigenvalue weighted by Crippen LogP contribution is -1.69. The number of hydrogen-bond acceptors (Lipinski definition) is 1. The average Bonchev–Trinajstić information content (AvgIpc) is 1.88. The molecule has 0 aromatic rings. The van der Waals surface area contributed by atoms with Crippen LogP contribution in [0.1, 0.15) is 26.7 Å². The molecule has 0 bridgehead atoms. The second kappa shape index (κ2) is 15.7. The largest absolute Gasteiger partial charge is 0.396 e. The van der Waals surface area contributed by atoms with Crippen LogP contribution < -0.4 is 0 Å². The van der Waals surface area contributed by atoms with Crippen LogP contribution in [0.15, 0.2) is 0 Å². The van der Waals surface area contributed by atoms with Crippen LogP contribution in [0.4, 0.5) is 0 Å². The van der Waals surface area contributed by atoms with Crippen LogP contribution in [0.5, 0.6) is 0 Å². The van der Waals surface area contributed by atoms with Gasteiger partial charge in [-0.25, -0.2) is 0 Å². The van der Waals surface area contributed by atoms with Crippen LogP contribution in [0.3, 0.4) is 0 Å². The zero-order valence-electron chi connectivity index (χ0n) is 5.85. The van der Waals surface area contributed by atoms with Gasteiger partial charge in [-0.2, -0.15) is 0 Å². The van der Waals surface area contributed by atoms with E-state index < -0.39 is 0 Å². The van der Waals surface area contributed by atoms with Gasteiger partial charge in [-0.3, -0.25) is 0 Å². The number of rotatable bonds is 2. The van der Waals surface area contributed by atoms with Gasteiger partial charge < -0.3 is 5.11 Å². The van der Waals surface area contributed by atoms with Crippen LogP contribution in [-0.4, -0.2) is 17.9 Å². The van der Waals surface area contributed by atoms with Crippen molar-refractivity contribution in [2.45, 2.75) is 26.7 Å². The fourth-order valence-electron chi connectivity index (χ4n) is 0. The first-order valence-corrected chi connectivity index (χ1v) is 3.96. The molecule has 1 nitrogen and oxygen atoms in total. The predicted molar refractivity (Wildman–Crippen MR) is 42.2 cm³/mol. The van der Waals surface area contributed by atoms with Crippen LogP contribution >= 0.6 is 9.24 Å². The topological polar surface area (TPSA) is 20.2 Å². The van der Waals surface area contributed by atoms with Crippen LogP contribution in [0.2, 0.25) is 0 Å². The van der Waals surface area contributed by atoms with E-state index in [0.29, 0.717) is 6.61 Å². The molecule has 0 fully saturated rings. The zero-order valence-corrected chi connectivity index (χ0v) is 7.01. The highest BCUT2D eigenvalue weighted by Gasteiger charge is 1.57. The van der Waals surface area contributed by atoms with Crippen molar-refractivity contribution in [2.75, 3.05) is 12.8 Å². The monoisotopic (exact) mass is 136 g/mol. The first-order valence-electron chi connectivity index (χ1n) is 3.14. The van der Waals surface area contributed by atoms with Crippen molar-refractivity contribution in [2.24, 2.45) is 0 Å². The first-order chi connectivity index (χ1) is 3.83. The standard InChI is InChI=1S/C3H8O.C3H9P/c2*1-2-3-4/h4H,2-3H2,1H3;2-4H2,1H3. The second-order valence-electron chi connectivity index (χ2n) is 1.51. The maximum Gasteiger partial charge on any atom is 0.0428 e. The molecule has 1 unspecified atom stereocenters. The molecule has 52 valence electrons. The summed E-state index contributed by atoms with van der Waals surface area (Å²) < 4.78 is 0. The van der Waals surface area contributed by atoms with Crippen molar-refractivity contribution >= 4 is 9.24 Å². The minimum atomic E-state index is 0.319. The predicted octanol–water partition coefficient (Wildman–Crippen LogP) is 1.66. The van der Waals surface area contributed by atoms with Gasteiger partial charge in [0.1, 0.15) is 0 Å². The summed E-state index contributed by atoms with van der Waals surface area (Å²) in [6.07, 6.45) is 3.39. The number of aliphatic hydroxyl groups excluding tert-OH is 1. The third kappa shape index (κ3) is 32.5. The minimum absolute atomic E-state index is 0.319. The summed E-state index contributed by atoms with van der Waals surface area (Å²) in [4.78, 5) is 0. The molecule has 0 radical (unpaired) electrons. The molecule has 0 heterocycles. The normalized spacial score (nSPS) is 7.50. The number of hydrogen-bond donors (Lipinski definition) is 1. The molecule has 0 rings (SSSR count). The first kappa shape index (κ1) is 11.2. The molecule has 8 heavy (non-hydrogen) atoms. The highest BCUT2D eigenvalue weighted by molar-refractivity contribution is 7.16. The van der Waals surface area contributed by atoms with Gasteiger partial charge in [0.25, 0.3) is 0 Å². The Morgan fingerprint density at radius 1 is 1.25 bits per heavy atom. The van der Waals surface area contributed by atoms with Crippen molar-refractivity contribution in [3.63, 3.8) is 0 Å². The van der Waals surface area contributed by atoms with E-state index in [0.717, 1.165) is 6.42 Å². The van der Waals surface area contributed by atoms with E-state index in [9.17, 15) is 0 Å². The molecule has 0 saturated carbocycles. The molecule has 2 heteroatoms. The lowest BCUT2D eigenvalue weighted by molar-refractivity contribution is 0.295. The van der Waals surface area contributed by atoms with Crippen molar-refractivity contribution < 1.29 is 5.11 Å². The maximum atomic E-state index is 7.88. The van der Waals surface area contributed by atoms with Gasteiger partial charge in [-0.15, -0.1) is 9.24 Å². The Bertz CT molecular complexity index is 16.5. The van der Waals surface area contributed by atoms with Gasteiger partial charge in [0.2, 0.25) is 0 Å². The lowest BCUT2D eigenvalue weighted by atomic mass is 10.5. The quantitative estimate of drug-likeness (QED) is 0.572. The van der Waals surface area contributed by atoms with Crippen LogP contribution in [0.25, 0.3) is 0 Å². The molecule has 0 aliphatic rings. The van der Waals surface area contributed by atoms with Crippen molar-refractivity contribution in [3.05, 3.63) is 0 Å². The third-order valence-corrected chi connectivity index (χ3v) is 1.09. The third-order valence-electron chi connectivity index (χ3n) is 0.512. The van der Waals surface area contributed by atoms with E-state index in [-0.39, 0.29) is 0 Å². The highest BCUT2D eigenvalue weighted by Crippen LogP contribution is 1.81. The van der Waals surface area contributed by atoms with Gasteiger partial charge in [-0.05, 0) is 12.6 Å². The van der Waals surface area contributed by atoms with Gasteiger partial charge in [-0.1, -0.05) is 20.3 Å². The van der Waals surface area contributed by atoms with Crippen molar-refractivity contribution in [3.8, 4) is 0 Å². The van der Waals surface area contributed by atoms with Gasteiger partial charge in [0.15, 0.2) is 0 Å². The molecule has 0 aliphatic carbocycles. The van der Waals surface area contributed by atoms with E-state index in [1.165, 1.54) is 12.6 Å². The van der Waals surface area contributed by atoms with E-state index in [1.54, 1.807) is 0 Å². The van der Waals surface area contributed by atoms with E-state index in [2.05, 4.69) is 16.2 Å². The van der Waals surface area contributed by atoms with Gasteiger partial charge in [0.05, 0.1) is 0 Å². The van der Waals surface area contributed by atoms with Crippen LogP contribution in [-0.2, 0) is 0 Å². The molecular formula is C6H17OP. The smallest absolute Gasteiger partial charge is 0.0428 e. The Labute approximate surface area is 54.7 Å². The molecule has 0 aromatic carbocycles. The Hall–Kier alpha value is 0.390. The highest BCUT2D eigenvalue weighted by atomic mass is 31.0. The molecule has 0 aliphatic heterocycles. The zero-order chi connectivity index (χ0) is 6.83. The fraction of sp³-hybridized carbons (Fsp3) is 1.00. The summed E-state index contributed by atoms with van der Waals surface area (Å²) in [7, 11) is 2.66. The summed E-state index contributed by atoms with van der Waals surface area (Å²) in [5.74, 6) is 0. The summed E-state index contributed by atoms with van der Waals surface area (Å²) >= 11 is 0. The maximum absolute atomic E-state index is 7.88. The molecule has 1 N–H and O–H groups in total. The second-order valence-corrected chi connectivity index (χ2v) is 2.09. The van der Waals surface area contributed by atoms with Crippen LogP contribution in [0, 0.1) is 0 Å². The molecule has 0 aromatic heterocycles. The summed E-state index contributed by atoms with van der Waals surface area (Å²) in [6.45, 7) is 4.41. The number of aliphatic hydroxyl groups is 1. The molecular weight excluding hydrogens is 119 g/mol. The SMILES string of the molecule is CCCO.CCCP. The van der Waals surface area contributed by atoms with Crippen molar-refractivity contribution in [1.29, 1.82) is 0 Å². The Balaban J connectivity index is 0. The van der Waals surface area contributed by atoms with Gasteiger partial charge in [0, 0.05) is 6.61 Å². The average molecular weight is 136 g/mol. The van der Waals surface area contributed by atoms with Crippen molar-refractivity contribution in [1.82, 2.24) is 0 Å². The minimum Gasteiger partial charge on any atom is -0.396 e. The summed E-state index contributed by atoms with van der Waals surface area (Å²) in [6, 6.07) is 0. The molecule has 0 spiro atoms.